The Bertz CT molecular complexity index is 880. The molecule has 24 heavy (non-hydrogen) atoms. The number of carbonyl (C=O) groups is 1. The first-order valence-electron chi connectivity index (χ1n) is 6.93. The van der Waals surface area contributed by atoms with Crippen LogP contribution in [0.15, 0.2) is 41.3 Å². The molecule has 2 aromatic carbocycles. The Morgan fingerprint density at radius 2 is 1.88 bits per heavy atom. The van der Waals surface area contributed by atoms with E-state index in [1.54, 1.807) is 19.1 Å². The van der Waals surface area contributed by atoms with E-state index in [4.69, 9.17) is 21.4 Å². The molecule has 0 aromatic heterocycles. The standard InChI is InChI=1S/C16H16ClNO5S/c1-10-3-4-12(8-14(10)17)18-24(21,22)13-5-6-15(11(2)7-13)23-9-16(19)20/h3-8,18H,9H2,1-2H3,(H,19,20). The number of hydrogen-bond acceptors (Lipinski definition) is 4. The van der Waals surface area contributed by atoms with Gasteiger partial charge in [-0.15, -0.1) is 0 Å². The van der Waals surface area contributed by atoms with Crippen molar-refractivity contribution < 1.29 is 23.1 Å². The topological polar surface area (TPSA) is 92.7 Å². The number of aryl methyl sites for hydroxylation is 2. The predicted octanol–water partition coefficient (Wildman–Crippen LogP) is 3.22. The van der Waals surface area contributed by atoms with Gasteiger partial charge in [0.05, 0.1) is 10.6 Å². The molecule has 0 aliphatic heterocycles. The monoisotopic (exact) mass is 369 g/mol. The van der Waals surface area contributed by atoms with Crippen LogP contribution in [0.3, 0.4) is 0 Å². The molecule has 2 aromatic rings. The van der Waals surface area contributed by atoms with Crippen molar-refractivity contribution in [2.24, 2.45) is 0 Å². The van der Waals surface area contributed by atoms with E-state index < -0.39 is 22.6 Å². The third kappa shape index (κ3) is 4.39. The van der Waals surface area contributed by atoms with Crippen molar-refractivity contribution in [2.75, 3.05) is 11.3 Å². The third-order valence-corrected chi connectivity index (χ3v) is 5.02. The van der Waals surface area contributed by atoms with Gasteiger partial charge >= 0.3 is 5.97 Å². The summed E-state index contributed by atoms with van der Waals surface area (Å²) in [6.45, 7) is 2.96. The summed E-state index contributed by atoms with van der Waals surface area (Å²) >= 11 is 6.00. The molecule has 0 fully saturated rings. The summed E-state index contributed by atoms with van der Waals surface area (Å²) in [5, 5.41) is 9.08. The van der Waals surface area contributed by atoms with Gasteiger partial charge in [-0.25, -0.2) is 13.2 Å². The van der Waals surface area contributed by atoms with Gasteiger partial charge in [0, 0.05) is 5.02 Å². The number of carboxylic acid groups (broad SMARTS) is 1. The van der Waals surface area contributed by atoms with Crippen LogP contribution < -0.4 is 9.46 Å². The van der Waals surface area contributed by atoms with Crippen LogP contribution in [0.2, 0.25) is 5.02 Å². The van der Waals surface area contributed by atoms with Gasteiger partial charge in [0.25, 0.3) is 10.0 Å². The molecule has 0 aliphatic carbocycles. The maximum atomic E-state index is 12.4. The number of carboxylic acids is 1. The first-order valence-corrected chi connectivity index (χ1v) is 8.79. The zero-order valence-corrected chi connectivity index (χ0v) is 14.6. The molecule has 0 aliphatic rings. The number of rotatable bonds is 6. The summed E-state index contributed by atoms with van der Waals surface area (Å²) in [6, 6.07) is 9.06. The van der Waals surface area contributed by atoms with Gasteiger partial charge in [0.15, 0.2) is 6.61 Å². The lowest BCUT2D eigenvalue weighted by molar-refractivity contribution is -0.139. The number of aliphatic carboxylic acids is 1. The normalized spacial score (nSPS) is 11.1. The molecule has 0 heterocycles. The number of hydrogen-bond donors (Lipinski definition) is 2. The Morgan fingerprint density at radius 3 is 2.46 bits per heavy atom. The molecular formula is C16H16ClNO5S. The van der Waals surface area contributed by atoms with Crippen molar-refractivity contribution in [3.05, 3.63) is 52.5 Å². The van der Waals surface area contributed by atoms with Gasteiger partial charge in [-0.1, -0.05) is 17.7 Å². The van der Waals surface area contributed by atoms with Crippen LogP contribution >= 0.6 is 11.6 Å². The van der Waals surface area contributed by atoms with E-state index in [0.29, 0.717) is 22.0 Å². The second kappa shape index (κ2) is 7.11. The quantitative estimate of drug-likeness (QED) is 0.815. The minimum Gasteiger partial charge on any atom is -0.482 e. The van der Waals surface area contributed by atoms with Crippen molar-refractivity contribution in [3.63, 3.8) is 0 Å². The van der Waals surface area contributed by atoms with Gasteiger partial charge in [-0.3, -0.25) is 4.72 Å². The molecule has 6 nitrogen and oxygen atoms in total. The van der Waals surface area contributed by atoms with Crippen molar-refractivity contribution in [1.29, 1.82) is 0 Å². The van der Waals surface area contributed by atoms with Crippen molar-refractivity contribution in [1.82, 2.24) is 0 Å². The molecule has 128 valence electrons. The number of nitrogens with one attached hydrogen (secondary N) is 1. The maximum absolute atomic E-state index is 12.4. The first-order chi connectivity index (χ1) is 11.2. The molecule has 0 bridgehead atoms. The van der Waals surface area contributed by atoms with Gasteiger partial charge in [0.2, 0.25) is 0 Å². The fourth-order valence-electron chi connectivity index (χ4n) is 1.96. The lowest BCUT2D eigenvalue weighted by Gasteiger charge is -2.12. The van der Waals surface area contributed by atoms with Crippen LogP contribution in [0.5, 0.6) is 5.75 Å². The average Bonchev–Trinajstić information content (AvgIpc) is 2.49. The van der Waals surface area contributed by atoms with Gasteiger partial charge in [0.1, 0.15) is 5.75 Å². The Labute approximate surface area is 145 Å². The highest BCUT2D eigenvalue weighted by Gasteiger charge is 2.16. The SMILES string of the molecule is Cc1ccc(NS(=O)(=O)c2ccc(OCC(=O)O)c(C)c2)cc1Cl. The lowest BCUT2D eigenvalue weighted by Crippen LogP contribution is -2.14. The van der Waals surface area contributed by atoms with Crippen LogP contribution in [-0.2, 0) is 14.8 Å². The van der Waals surface area contributed by atoms with Gasteiger partial charge < -0.3 is 9.84 Å². The molecule has 0 radical (unpaired) electrons. The summed E-state index contributed by atoms with van der Waals surface area (Å²) in [5.41, 5.74) is 1.71. The number of sulfonamides is 1. The molecular weight excluding hydrogens is 354 g/mol. The largest absolute Gasteiger partial charge is 0.482 e. The summed E-state index contributed by atoms with van der Waals surface area (Å²) in [7, 11) is -3.79. The van der Waals surface area contributed by atoms with Crippen molar-refractivity contribution in [2.45, 2.75) is 18.7 Å². The zero-order chi connectivity index (χ0) is 17.9. The highest BCUT2D eigenvalue weighted by Crippen LogP contribution is 2.25. The van der Waals surface area contributed by atoms with Crippen molar-refractivity contribution in [3.8, 4) is 5.75 Å². The molecule has 0 unspecified atom stereocenters. The van der Waals surface area contributed by atoms with E-state index in [9.17, 15) is 13.2 Å². The smallest absolute Gasteiger partial charge is 0.341 e. The third-order valence-electron chi connectivity index (χ3n) is 3.23. The van der Waals surface area contributed by atoms with Crippen molar-refractivity contribution >= 4 is 33.3 Å². The van der Waals surface area contributed by atoms with Crippen LogP contribution in [-0.4, -0.2) is 26.1 Å². The molecule has 2 rings (SSSR count). The Hall–Kier alpha value is -2.25. The van der Waals surface area contributed by atoms with E-state index in [0.717, 1.165) is 5.56 Å². The van der Waals surface area contributed by atoms with E-state index in [1.807, 2.05) is 6.92 Å². The van der Waals surface area contributed by atoms with E-state index in [-0.39, 0.29) is 4.90 Å². The van der Waals surface area contributed by atoms with E-state index >= 15 is 0 Å². The fourth-order valence-corrected chi connectivity index (χ4v) is 3.28. The lowest BCUT2D eigenvalue weighted by atomic mass is 10.2. The molecule has 0 saturated carbocycles. The second-order valence-electron chi connectivity index (χ2n) is 5.18. The summed E-state index contributed by atoms with van der Waals surface area (Å²) in [4.78, 5) is 10.6. The highest BCUT2D eigenvalue weighted by atomic mass is 35.5. The van der Waals surface area contributed by atoms with Gasteiger partial charge in [-0.2, -0.15) is 0 Å². The minimum absolute atomic E-state index is 0.0411. The first kappa shape index (κ1) is 18.1. The minimum atomic E-state index is -3.79. The number of anilines is 1. The fraction of sp³-hybridized carbons (Fsp3) is 0.188. The Balaban J connectivity index is 2.24. The number of ether oxygens (including phenoxy) is 1. The van der Waals surface area contributed by atoms with Crippen LogP contribution in [0.25, 0.3) is 0 Å². The number of benzene rings is 2. The summed E-state index contributed by atoms with van der Waals surface area (Å²) in [6.07, 6.45) is 0. The van der Waals surface area contributed by atoms with Crippen LogP contribution in [0.1, 0.15) is 11.1 Å². The summed E-state index contributed by atoms with van der Waals surface area (Å²) < 4.78 is 32.4. The molecule has 8 heteroatoms. The highest BCUT2D eigenvalue weighted by molar-refractivity contribution is 7.92. The van der Waals surface area contributed by atoms with Crippen LogP contribution in [0, 0.1) is 13.8 Å². The molecule has 0 atom stereocenters. The average molecular weight is 370 g/mol. The summed E-state index contributed by atoms with van der Waals surface area (Å²) in [5.74, 6) is -0.793. The van der Waals surface area contributed by atoms with Gasteiger partial charge in [-0.05, 0) is 55.3 Å². The second-order valence-corrected chi connectivity index (χ2v) is 7.27. The van der Waals surface area contributed by atoms with Crippen LogP contribution in [0.4, 0.5) is 5.69 Å². The van der Waals surface area contributed by atoms with E-state index in [1.165, 1.54) is 24.3 Å². The number of halogens is 1. The predicted molar refractivity (Wildman–Crippen MR) is 91.3 cm³/mol. The Kier molecular flexibility index (Phi) is 5.36. The van der Waals surface area contributed by atoms with E-state index in [2.05, 4.69) is 4.72 Å². The molecule has 0 amide bonds. The molecule has 2 N–H and O–H groups in total. The molecule has 0 spiro atoms. The zero-order valence-electron chi connectivity index (χ0n) is 13.0. The molecule has 0 saturated heterocycles. The maximum Gasteiger partial charge on any atom is 0.341 e. The Morgan fingerprint density at radius 1 is 1.17 bits per heavy atom.